The van der Waals surface area contributed by atoms with E-state index >= 15 is 0 Å². The predicted octanol–water partition coefficient (Wildman–Crippen LogP) is 6.49. The first kappa shape index (κ1) is 17.9. The van der Waals surface area contributed by atoms with Crippen LogP contribution in [0.2, 0.25) is 10.0 Å². The first-order valence-corrected chi connectivity index (χ1v) is 9.48. The van der Waals surface area contributed by atoms with Crippen molar-refractivity contribution in [2.75, 3.05) is 4.90 Å². The highest BCUT2D eigenvalue weighted by atomic mass is 35.5. The third-order valence-electron chi connectivity index (χ3n) is 3.89. The maximum Gasteiger partial charge on any atom is 0.298 e. The molecule has 2 heterocycles. The predicted molar refractivity (Wildman–Crippen MR) is 109 cm³/mol. The Kier molecular flexibility index (Phi) is 4.83. The monoisotopic (exact) mass is 415 g/mol. The molecule has 0 N–H and O–H groups in total. The molecule has 134 valence electrons. The van der Waals surface area contributed by atoms with Gasteiger partial charge in [-0.15, -0.1) is 0 Å². The van der Waals surface area contributed by atoms with E-state index < -0.39 is 5.91 Å². The molecular formula is C20H11Cl2NO3S. The van der Waals surface area contributed by atoms with E-state index in [1.807, 2.05) is 12.1 Å². The molecule has 0 spiro atoms. The summed E-state index contributed by atoms with van der Waals surface area (Å²) in [5, 5.41) is 0.773. The summed E-state index contributed by atoms with van der Waals surface area (Å²) in [4.78, 5) is 26.3. The molecule has 1 fully saturated rings. The summed E-state index contributed by atoms with van der Waals surface area (Å²) < 4.78 is 5.78. The Labute approximate surface area is 169 Å². The van der Waals surface area contributed by atoms with Gasteiger partial charge in [0.05, 0.1) is 10.6 Å². The van der Waals surface area contributed by atoms with Gasteiger partial charge < -0.3 is 4.42 Å². The van der Waals surface area contributed by atoms with Gasteiger partial charge in [0, 0.05) is 21.7 Å². The van der Waals surface area contributed by atoms with E-state index in [-0.39, 0.29) is 5.24 Å². The lowest BCUT2D eigenvalue weighted by molar-refractivity contribution is -0.113. The number of carbonyl (C=O) groups excluding carboxylic acids is 2. The molecule has 1 aromatic heterocycles. The van der Waals surface area contributed by atoms with Gasteiger partial charge in [-0.2, -0.15) is 0 Å². The largest absolute Gasteiger partial charge is 0.457 e. The van der Waals surface area contributed by atoms with Crippen LogP contribution in [0, 0.1) is 0 Å². The van der Waals surface area contributed by atoms with Gasteiger partial charge in [-0.1, -0.05) is 35.3 Å². The first-order valence-electron chi connectivity index (χ1n) is 7.90. The Morgan fingerprint density at radius 2 is 1.70 bits per heavy atom. The van der Waals surface area contributed by atoms with Gasteiger partial charge in [0.2, 0.25) is 0 Å². The van der Waals surface area contributed by atoms with Crippen LogP contribution in [-0.2, 0) is 4.79 Å². The molecule has 0 saturated carbocycles. The molecule has 7 heteroatoms. The molecule has 2 amide bonds. The Bertz CT molecular complexity index is 1070. The summed E-state index contributed by atoms with van der Waals surface area (Å²) in [5.74, 6) is 0.709. The zero-order valence-electron chi connectivity index (χ0n) is 13.7. The highest BCUT2D eigenvalue weighted by Crippen LogP contribution is 2.36. The second-order valence-corrected chi connectivity index (χ2v) is 7.57. The van der Waals surface area contributed by atoms with E-state index in [1.165, 1.54) is 0 Å². The number of furan rings is 1. The quantitative estimate of drug-likeness (QED) is 0.458. The summed E-state index contributed by atoms with van der Waals surface area (Å²) in [6, 6.07) is 17.3. The zero-order valence-corrected chi connectivity index (χ0v) is 16.0. The van der Waals surface area contributed by atoms with Crippen LogP contribution in [0.1, 0.15) is 5.76 Å². The van der Waals surface area contributed by atoms with Gasteiger partial charge in [-0.05, 0) is 60.3 Å². The van der Waals surface area contributed by atoms with Crippen molar-refractivity contribution in [2.24, 2.45) is 0 Å². The molecule has 4 rings (SSSR count). The molecule has 1 aliphatic rings. The molecule has 0 radical (unpaired) electrons. The highest BCUT2D eigenvalue weighted by Gasteiger charge is 2.36. The van der Waals surface area contributed by atoms with Crippen molar-refractivity contribution < 1.29 is 14.0 Å². The fourth-order valence-electron chi connectivity index (χ4n) is 2.64. The normalized spacial score (nSPS) is 15.8. The minimum absolute atomic E-state index is 0.293. The summed E-state index contributed by atoms with van der Waals surface area (Å²) in [5.41, 5.74) is 1.31. The molecular weight excluding hydrogens is 405 g/mol. The molecule has 0 aliphatic carbocycles. The van der Waals surface area contributed by atoms with E-state index in [0.29, 0.717) is 32.2 Å². The minimum Gasteiger partial charge on any atom is -0.457 e. The highest BCUT2D eigenvalue weighted by molar-refractivity contribution is 8.19. The molecule has 27 heavy (non-hydrogen) atoms. The lowest BCUT2D eigenvalue weighted by Gasteiger charge is -2.11. The second kappa shape index (κ2) is 7.27. The molecule has 0 atom stereocenters. The summed E-state index contributed by atoms with van der Waals surface area (Å²) in [6.45, 7) is 0. The van der Waals surface area contributed by atoms with Crippen LogP contribution in [0.4, 0.5) is 10.5 Å². The van der Waals surface area contributed by atoms with Gasteiger partial charge in [0.15, 0.2) is 0 Å². The molecule has 4 nitrogen and oxygen atoms in total. The van der Waals surface area contributed by atoms with Gasteiger partial charge in [0.1, 0.15) is 11.5 Å². The van der Waals surface area contributed by atoms with Crippen molar-refractivity contribution in [3.63, 3.8) is 0 Å². The van der Waals surface area contributed by atoms with Crippen LogP contribution >= 0.6 is 35.0 Å². The summed E-state index contributed by atoms with van der Waals surface area (Å²) in [6.07, 6.45) is 1.56. The van der Waals surface area contributed by atoms with Crippen molar-refractivity contribution >= 4 is 57.9 Å². The Morgan fingerprint density at radius 1 is 0.926 bits per heavy atom. The average molecular weight is 416 g/mol. The second-order valence-electron chi connectivity index (χ2n) is 5.71. The number of amides is 2. The fraction of sp³-hybridized carbons (Fsp3) is 0. The van der Waals surface area contributed by atoms with E-state index in [2.05, 4.69) is 0 Å². The molecule has 0 unspecified atom stereocenters. The van der Waals surface area contributed by atoms with Crippen LogP contribution in [0.25, 0.3) is 17.4 Å². The van der Waals surface area contributed by atoms with Crippen molar-refractivity contribution in [2.45, 2.75) is 0 Å². The van der Waals surface area contributed by atoms with Crippen molar-refractivity contribution in [3.8, 4) is 11.3 Å². The smallest absolute Gasteiger partial charge is 0.298 e. The van der Waals surface area contributed by atoms with Crippen LogP contribution in [0.3, 0.4) is 0 Å². The number of carbonyl (C=O) groups is 2. The van der Waals surface area contributed by atoms with Gasteiger partial charge >= 0.3 is 0 Å². The van der Waals surface area contributed by atoms with E-state index in [1.54, 1.807) is 54.6 Å². The summed E-state index contributed by atoms with van der Waals surface area (Å²) >= 11 is 12.7. The minimum atomic E-state index is -0.395. The number of anilines is 1. The number of hydrogen-bond donors (Lipinski definition) is 0. The van der Waals surface area contributed by atoms with E-state index in [9.17, 15) is 9.59 Å². The fourth-order valence-corrected chi connectivity index (χ4v) is 3.77. The van der Waals surface area contributed by atoms with Gasteiger partial charge in [-0.25, -0.2) is 4.90 Å². The molecule has 3 aromatic rings. The number of rotatable bonds is 3. The van der Waals surface area contributed by atoms with Crippen LogP contribution < -0.4 is 4.90 Å². The topological polar surface area (TPSA) is 50.5 Å². The number of nitrogens with zero attached hydrogens (tertiary/aromatic N) is 1. The SMILES string of the molecule is O=C1S/C(=C/c2ccc(-c3cccc(Cl)c3)o2)C(=O)N1c1ccc(Cl)cc1. The molecule has 0 bridgehead atoms. The third kappa shape index (κ3) is 3.67. The third-order valence-corrected chi connectivity index (χ3v) is 5.24. The van der Waals surface area contributed by atoms with Crippen molar-refractivity contribution in [1.82, 2.24) is 0 Å². The maximum absolute atomic E-state index is 12.7. The molecule has 1 saturated heterocycles. The van der Waals surface area contributed by atoms with Gasteiger partial charge in [-0.3, -0.25) is 9.59 Å². The number of imide groups is 1. The van der Waals surface area contributed by atoms with Crippen LogP contribution in [0.15, 0.2) is 70.0 Å². The van der Waals surface area contributed by atoms with Crippen molar-refractivity contribution in [1.29, 1.82) is 0 Å². The van der Waals surface area contributed by atoms with Crippen molar-refractivity contribution in [3.05, 3.63) is 81.4 Å². The number of halogens is 2. The van der Waals surface area contributed by atoms with Crippen LogP contribution in [-0.4, -0.2) is 11.1 Å². The zero-order chi connectivity index (χ0) is 19.0. The van der Waals surface area contributed by atoms with E-state index in [4.69, 9.17) is 27.6 Å². The Balaban J connectivity index is 1.61. The standard InChI is InChI=1S/C20H11Cl2NO3S/c21-13-4-6-15(7-5-13)23-19(24)18(27-20(23)25)11-16-8-9-17(26-16)12-2-1-3-14(22)10-12/h1-11H/b18-11+. The average Bonchev–Trinajstić information content (AvgIpc) is 3.21. The van der Waals surface area contributed by atoms with Gasteiger partial charge in [0.25, 0.3) is 11.1 Å². The number of hydrogen-bond acceptors (Lipinski definition) is 4. The Hall–Kier alpha value is -2.47. The Morgan fingerprint density at radius 3 is 2.44 bits per heavy atom. The lowest BCUT2D eigenvalue weighted by Crippen LogP contribution is -2.27. The number of benzene rings is 2. The first-order chi connectivity index (χ1) is 13.0. The van der Waals surface area contributed by atoms with Crippen LogP contribution in [0.5, 0.6) is 0 Å². The van der Waals surface area contributed by atoms with E-state index in [0.717, 1.165) is 22.2 Å². The molecule has 2 aromatic carbocycles. The molecule has 1 aliphatic heterocycles. The summed E-state index contributed by atoms with van der Waals surface area (Å²) in [7, 11) is 0. The maximum atomic E-state index is 12.7. The lowest BCUT2D eigenvalue weighted by atomic mass is 10.2. The number of thioether (sulfide) groups is 1.